The molecule has 1 fully saturated rings. The number of benzene rings is 3. The fourth-order valence-electron chi connectivity index (χ4n) is 4.85. The van der Waals surface area contributed by atoms with Crippen LogP contribution in [0.4, 0.5) is 4.39 Å². The minimum absolute atomic E-state index is 0. The van der Waals surface area contributed by atoms with E-state index in [0.717, 1.165) is 40.8 Å². The van der Waals surface area contributed by atoms with Gasteiger partial charge in [0.1, 0.15) is 5.82 Å². The fourth-order valence-corrected chi connectivity index (χ4v) is 6.07. The lowest BCUT2D eigenvalue weighted by Gasteiger charge is -2.10. The molecule has 11 heteroatoms. The van der Waals surface area contributed by atoms with Gasteiger partial charge in [0, 0.05) is 34.9 Å². The summed E-state index contributed by atoms with van der Waals surface area (Å²) in [4.78, 5) is 16.1. The minimum Gasteiger partial charge on any atom is -0.870 e. The molecular weight excluding hydrogens is 563 g/mol. The van der Waals surface area contributed by atoms with E-state index in [0.29, 0.717) is 16.4 Å². The third kappa shape index (κ3) is 5.75. The van der Waals surface area contributed by atoms with Gasteiger partial charge in [0.15, 0.2) is 21.6 Å². The Morgan fingerprint density at radius 1 is 1.10 bits per heavy atom. The summed E-state index contributed by atoms with van der Waals surface area (Å²) in [6.07, 6.45) is 2.15. The number of carboxylic acid groups (broad SMARTS) is 1. The van der Waals surface area contributed by atoms with Crippen LogP contribution in [0.5, 0.6) is 0 Å². The Hall–Kier alpha value is -4.03. The van der Waals surface area contributed by atoms with Gasteiger partial charge in [0.05, 0.1) is 11.4 Å². The third-order valence-corrected chi connectivity index (χ3v) is 8.66. The zero-order chi connectivity index (χ0) is 28.0. The number of nitrogens with two attached hydrogens (primary N) is 1. The Bertz CT molecular complexity index is 1780. The summed E-state index contributed by atoms with van der Waals surface area (Å²) in [5.74, 6) is -1.38. The van der Waals surface area contributed by atoms with Gasteiger partial charge in [0.25, 0.3) is 0 Å². The summed E-state index contributed by atoms with van der Waals surface area (Å²) in [5, 5.41) is 21.9. The summed E-state index contributed by atoms with van der Waals surface area (Å²) in [6.45, 7) is 2.05. The molecule has 1 unspecified atom stereocenters. The fraction of sp³-hybridized carbons (Fsp3) is 0.167. The van der Waals surface area contributed by atoms with Gasteiger partial charge < -0.3 is 10.6 Å². The summed E-state index contributed by atoms with van der Waals surface area (Å²) in [7, 11) is -2.15. The number of rotatable bonds is 8. The Balaban J connectivity index is 0.00000337. The molecule has 2 heterocycles. The van der Waals surface area contributed by atoms with Crippen LogP contribution in [-0.4, -0.2) is 31.3 Å². The molecule has 2 aromatic heterocycles. The van der Waals surface area contributed by atoms with E-state index in [1.54, 1.807) is 16.8 Å². The second-order valence-corrected chi connectivity index (χ2v) is 11.9. The lowest BCUT2D eigenvalue weighted by Crippen LogP contribution is -2.05. The first kappa shape index (κ1) is 28.5. The Morgan fingerprint density at radius 2 is 1.83 bits per heavy atom. The molecule has 41 heavy (non-hydrogen) atoms. The molecule has 3 aromatic carbocycles. The molecule has 1 aliphatic rings. The maximum Gasteiger partial charge on any atom is 0.355 e. The molecule has 1 aliphatic carbocycles. The molecule has 0 saturated heterocycles. The van der Waals surface area contributed by atoms with E-state index in [1.165, 1.54) is 28.3 Å². The van der Waals surface area contributed by atoms with Crippen LogP contribution in [0.15, 0.2) is 77.0 Å². The van der Waals surface area contributed by atoms with E-state index in [4.69, 9.17) is 10.2 Å². The highest BCUT2D eigenvalue weighted by molar-refractivity contribution is 7.82. The molecule has 0 aliphatic heterocycles. The van der Waals surface area contributed by atoms with Crippen molar-refractivity contribution in [3.63, 3.8) is 0 Å². The number of hydrogen-bond acceptors (Lipinski definition) is 6. The smallest absolute Gasteiger partial charge is 0.355 e. The number of aryl methyl sites for hydroxylation is 1. The number of carbonyl (C=O) groups is 1. The van der Waals surface area contributed by atoms with Gasteiger partial charge in [-0.15, -0.1) is 16.5 Å². The average Bonchev–Trinajstić information content (AvgIpc) is 3.52. The van der Waals surface area contributed by atoms with Crippen molar-refractivity contribution in [2.45, 2.75) is 37.0 Å². The molecule has 1 atom stereocenters. The van der Waals surface area contributed by atoms with Crippen LogP contribution in [0.2, 0.25) is 0 Å². The number of carboxylic acids is 1. The van der Waals surface area contributed by atoms with Crippen molar-refractivity contribution >= 4 is 28.3 Å². The summed E-state index contributed by atoms with van der Waals surface area (Å²) in [5.41, 5.74) is 6.99. The van der Waals surface area contributed by atoms with Crippen molar-refractivity contribution in [1.82, 2.24) is 14.8 Å². The zero-order valence-electron chi connectivity index (χ0n) is 22.0. The lowest BCUT2D eigenvalue weighted by molar-refractivity contribution is 0.0691. The van der Waals surface area contributed by atoms with E-state index in [-0.39, 0.29) is 28.4 Å². The maximum atomic E-state index is 15.2. The highest BCUT2D eigenvalue weighted by Gasteiger charge is 2.34. The largest absolute Gasteiger partial charge is 0.870 e. The van der Waals surface area contributed by atoms with Gasteiger partial charge in [-0.2, -0.15) is 5.10 Å². The van der Waals surface area contributed by atoms with Gasteiger partial charge in [-0.05, 0) is 48.6 Å². The predicted molar refractivity (Wildman–Crippen MR) is 157 cm³/mol. The molecule has 0 spiro atoms. The van der Waals surface area contributed by atoms with Gasteiger partial charge in [-0.3, -0.25) is 0 Å². The van der Waals surface area contributed by atoms with Crippen LogP contribution in [0, 0.1) is 12.7 Å². The molecule has 0 amide bonds. The number of thiol groups is 1. The molecule has 6 rings (SSSR count). The second-order valence-electron chi connectivity index (χ2n) is 9.94. The van der Waals surface area contributed by atoms with Crippen LogP contribution in [0.3, 0.4) is 0 Å². The van der Waals surface area contributed by atoms with Crippen LogP contribution in [0.25, 0.3) is 27.5 Å². The Labute approximate surface area is 242 Å². The molecule has 210 valence electrons. The normalized spacial score (nSPS) is 13.5. The van der Waals surface area contributed by atoms with Gasteiger partial charge in [-0.1, -0.05) is 58.3 Å². The molecule has 1 saturated carbocycles. The van der Waals surface area contributed by atoms with Crippen molar-refractivity contribution in [3.8, 4) is 27.5 Å². The van der Waals surface area contributed by atoms with E-state index in [9.17, 15) is 14.1 Å². The Morgan fingerprint density at radius 3 is 2.46 bits per heavy atom. The van der Waals surface area contributed by atoms with Gasteiger partial charge >= 0.3 is 5.97 Å². The first-order valence-electron chi connectivity index (χ1n) is 12.8. The van der Waals surface area contributed by atoms with E-state index in [2.05, 4.69) is 35.3 Å². The van der Waals surface area contributed by atoms with Gasteiger partial charge in [0.2, 0.25) is 5.13 Å². The number of hydrogen-bond donors (Lipinski definition) is 2. The van der Waals surface area contributed by atoms with Crippen molar-refractivity contribution in [2.75, 3.05) is 0 Å². The first-order valence-corrected chi connectivity index (χ1v) is 15.0. The van der Waals surface area contributed by atoms with Crippen molar-refractivity contribution in [2.24, 2.45) is 5.14 Å². The topological polar surface area (TPSA) is 141 Å². The van der Waals surface area contributed by atoms with Crippen molar-refractivity contribution in [3.05, 3.63) is 106 Å². The SMILES string of the molecule is Cc1ccc(-c2cccc(-c3nn(-c4nc(C(=O)O)cs4)c(C4CC4)c3Cc3ccc([SH+](N)=O)cc3F)c2)cc1.[OH-]. The highest BCUT2D eigenvalue weighted by Crippen LogP contribution is 2.46. The molecule has 5 aromatic rings. The zero-order valence-corrected chi connectivity index (χ0v) is 23.7. The quantitative estimate of drug-likeness (QED) is 0.167. The molecular formula is C30H27FN4O4S2. The molecule has 0 radical (unpaired) electrons. The number of thiazole rings is 1. The van der Waals surface area contributed by atoms with Crippen molar-refractivity contribution < 1.29 is 24.0 Å². The monoisotopic (exact) mass is 590 g/mol. The predicted octanol–water partition coefficient (Wildman–Crippen LogP) is 6.03. The van der Waals surface area contributed by atoms with Gasteiger partial charge in [-0.25, -0.2) is 18.9 Å². The first-order chi connectivity index (χ1) is 19.3. The number of aromatic nitrogens is 3. The van der Waals surface area contributed by atoms with E-state index < -0.39 is 22.8 Å². The van der Waals surface area contributed by atoms with E-state index in [1.807, 2.05) is 25.1 Å². The molecule has 0 bridgehead atoms. The molecule has 4 N–H and O–H groups in total. The van der Waals surface area contributed by atoms with Crippen LogP contribution in [-0.2, 0) is 21.6 Å². The van der Waals surface area contributed by atoms with Crippen LogP contribution in [0.1, 0.15) is 51.6 Å². The molecule has 8 nitrogen and oxygen atoms in total. The number of halogens is 1. The maximum absolute atomic E-state index is 15.2. The number of nitrogens with zero attached hydrogens (tertiary/aromatic N) is 3. The lowest BCUT2D eigenvalue weighted by atomic mass is 9.95. The third-order valence-electron chi connectivity index (χ3n) is 7.06. The van der Waals surface area contributed by atoms with Crippen molar-refractivity contribution in [1.29, 1.82) is 0 Å². The van der Waals surface area contributed by atoms with E-state index >= 15 is 4.39 Å². The van der Waals surface area contributed by atoms with Crippen LogP contribution >= 0.6 is 11.3 Å². The summed E-state index contributed by atoms with van der Waals surface area (Å²) < 4.78 is 28.7. The number of aromatic carboxylic acids is 1. The second kappa shape index (κ2) is 11.5. The standard InChI is InChI=1S/C30H25FN4O3S2.H2O/c1-17-5-7-18(8-6-17)20-3-2-4-22(13-20)27-24(14-21-11-12-23(40(32)38)15-25(21)31)28(19-9-10-19)35(34-27)30-33-26(16-39-30)29(36)37;/h2-8,11-13,15-16,19H,9-10,14H2,1H3,(H2,32,38)(H,36,37);1H2. The summed E-state index contributed by atoms with van der Waals surface area (Å²) in [6, 6.07) is 20.8. The average molecular weight is 591 g/mol. The highest BCUT2D eigenvalue weighted by atomic mass is 32.2. The van der Waals surface area contributed by atoms with Crippen LogP contribution < -0.4 is 5.14 Å². The minimum atomic E-state index is -2.15. The summed E-state index contributed by atoms with van der Waals surface area (Å²) >= 11 is 1.21. The Kier molecular flexibility index (Phi) is 7.96.